The van der Waals surface area contributed by atoms with Gasteiger partial charge in [-0.05, 0) is 19.3 Å². The van der Waals surface area contributed by atoms with E-state index in [-0.39, 0.29) is 0 Å². The van der Waals surface area contributed by atoms with Crippen LogP contribution in [0.4, 0.5) is 0 Å². The van der Waals surface area contributed by atoms with Gasteiger partial charge < -0.3 is 0 Å². The highest BCUT2D eigenvalue weighted by Crippen LogP contribution is 2.13. The number of nitrogens with zero attached hydrogens (tertiary/aromatic N) is 2. The average molecular weight is 148 g/mol. The molecule has 0 atom stereocenters. The highest BCUT2D eigenvalue weighted by Gasteiger charge is 2.10. The number of hydrogen-bond acceptors (Lipinski definition) is 2. The van der Waals surface area contributed by atoms with Crippen molar-refractivity contribution in [3.63, 3.8) is 0 Å². The van der Waals surface area contributed by atoms with Crippen molar-refractivity contribution in [2.24, 2.45) is 9.98 Å². The molecule has 2 heterocycles. The Hall–Kier alpha value is -0.920. The minimum Gasteiger partial charge on any atom is -0.292 e. The number of allylic oxidation sites excluding steroid dienone is 1. The third-order valence-electron chi connectivity index (χ3n) is 2.06. The van der Waals surface area contributed by atoms with Crippen molar-refractivity contribution >= 4 is 11.9 Å². The lowest BCUT2D eigenvalue weighted by Gasteiger charge is -2.04. The van der Waals surface area contributed by atoms with Gasteiger partial charge in [-0.25, -0.2) is 0 Å². The van der Waals surface area contributed by atoms with Gasteiger partial charge in [-0.15, -0.1) is 0 Å². The van der Waals surface area contributed by atoms with E-state index in [0.29, 0.717) is 0 Å². The van der Waals surface area contributed by atoms with Gasteiger partial charge in [0.1, 0.15) is 0 Å². The monoisotopic (exact) mass is 148 g/mol. The Morgan fingerprint density at radius 1 is 1.27 bits per heavy atom. The van der Waals surface area contributed by atoms with Crippen molar-refractivity contribution in [1.82, 2.24) is 0 Å². The van der Waals surface area contributed by atoms with Gasteiger partial charge in [-0.3, -0.25) is 9.98 Å². The molecule has 2 aliphatic heterocycles. The van der Waals surface area contributed by atoms with Gasteiger partial charge >= 0.3 is 0 Å². The van der Waals surface area contributed by atoms with Crippen LogP contribution in [0.3, 0.4) is 0 Å². The molecule has 11 heavy (non-hydrogen) atoms. The zero-order valence-corrected chi connectivity index (χ0v) is 6.58. The largest absolute Gasteiger partial charge is 0.292 e. The lowest BCUT2D eigenvalue weighted by Crippen LogP contribution is -2.04. The zero-order chi connectivity index (χ0) is 7.52. The third-order valence-corrected chi connectivity index (χ3v) is 2.06. The first-order chi connectivity index (χ1) is 5.47. The molecule has 0 aromatic heterocycles. The van der Waals surface area contributed by atoms with Crippen LogP contribution in [0.2, 0.25) is 0 Å². The first-order valence-corrected chi connectivity index (χ1v) is 4.20. The molecule has 0 aromatic carbocycles. The van der Waals surface area contributed by atoms with Crippen molar-refractivity contribution in [3.05, 3.63) is 11.6 Å². The molecule has 0 bridgehead atoms. The molecule has 0 saturated carbocycles. The summed E-state index contributed by atoms with van der Waals surface area (Å²) in [6.07, 6.45) is 7.67. The summed E-state index contributed by atoms with van der Waals surface area (Å²) in [7, 11) is 0. The number of aliphatic imine (C=N–C) groups is 2. The average Bonchev–Trinajstić information content (AvgIpc) is 2.58. The van der Waals surface area contributed by atoms with Crippen molar-refractivity contribution in [2.45, 2.75) is 19.3 Å². The maximum absolute atomic E-state index is 4.42. The summed E-state index contributed by atoms with van der Waals surface area (Å²) < 4.78 is 0. The van der Waals surface area contributed by atoms with Gasteiger partial charge in [0.25, 0.3) is 0 Å². The second kappa shape index (κ2) is 2.99. The van der Waals surface area contributed by atoms with E-state index < -0.39 is 0 Å². The third kappa shape index (κ3) is 1.39. The van der Waals surface area contributed by atoms with Gasteiger partial charge in [0.05, 0.1) is 0 Å². The van der Waals surface area contributed by atoms with Crippen molar-refractivity contribution in [1.29, 1.82) is 0 Å². The molecule has 2 heteroatoms. The highest BCUT2D eigenvalue weighted by molar-refractivity contribution is 6.16. The second-order valence-corrected chi connectivity index (χ2v) is 2.92. The Kier molecular flexibility index (Phi) is 1.84. The Labute approximate surface area is 66.7 Å². The molecule has 0 aromatic rings. The maximum Gasteiger partial charge on any atom is 0.0433 e. The van der Waals surface area contributed by atoms with Crippen LogP contribution in [0.15, 0.2) is 21.6 Å². The summed E-state index contributed by atoms with van der Waals surface area (Å²) >= 11 is 0. The molecule has 0 saturated heterocycles. The van der Waals surface area contributed by atoms with Crippen LogP contribution in [0.5, 0.6) is 0 Å². The van der Waals surface area contributed by atoms with E-state index in [0.717, 1.165) is 25.9 Å². The molecule has 2 aliphatic rings. The van der Waals surface area contributed by atoms with Crippen LogP contribution in [0.25, 0.3) is 0 Å². The minimum atomic E-state index is 0.955. The van der Waals surface area contributed by atoms with Crippen LogP contribution in [0, 0.1) is 0 Å². The summed E-state index contributed by atoms with van der Waals surface area (Å²) in [5, 5.41) is 0. The lowest BCUT2D eigenvalue weighted by molar-refractivity contribution is 0.950. The van der Waals surface area contributed by atoms with E-state index in [2.05, 4.69) is 16.1 Å². The van der Waals surface area contributed by atoms with Crippen LogP contribution >= 0.6 is 0 Å². The fourth-order valence-electron chi connectivity index (χ4n) is 1.48. The fraction of sp³-hybridized carbons (Fsp3) is 0.556. The van der Waals surface area contributed by atoms with Gasteiger partial charge in [-0.1, -0.05) is 6.08 Å². The molecule has 0 fully saturated rings. The van der Waals surface area contributed by atoms with E-state index in [1.54, 1.807) is 0 Å². The van der Waals surface area contributed by atoms with Crippen molar-refractivity contribution in [3.8, 4) is 0 Å². The Bertz CT molecular complexity index is 236. The zero-order valence-electron chi connectivity index (χ0n) is 6.58. The quantitative estimate of drug-likeness (QED) is 0.540. The summed E-state index contributed by atoms with van der Waals surface area (Å²) in [5.74, 6) is 0. The maximum atomic E-state index is 4.42. The Morgan fingerprint density at radius 3 is 2.91 bits per heavy atom. The van der Waals surface area contributed by atoms with Gasteiger partial charge in [-0.2, -0.15) is 0 Å². The molecule has 0 spiro atoms. The predicted molar refractivity (Wildman–Crippen MR) is 47.6 cm³/mol. The first kappa shape index (κ1) is 6.77. The minimum absolute atomic E-state index is 0.955. The fourth-order valence-corrected chi connectivity index (χ4v) is 1.48. The molecule has 2 rings (SSSR count). The van der Waals surface area contributed by atoms with E-state index in [1.165, 1.54) is 17.7 Å². The van der Waals surface area contributed by atoms with Crippen LogP contribution < -0.4 is 0 Å². The normalized spacial score (nSPS) is 23.3. The molecule has 2 nitrogen and oxygen atoms in total. The van der Waals surface area contributed by atoms with Gasteiger partial charge in [0.2, 0.25) is 0 Å². The highest BCUT2D eigenvalue weighted by atomic mass is 14.8. The summed E-state index contributed by atoms with van der Waals surface area (Å²) in [4.78, 5) is 8.65. The Morgan fingerprint density at radius 2 is 2.27 bits per heavy atom. The molecular weight excluding hydrogens is 136 g/mol. The smallest absolute Gasteiger partial charge is 0.0433 e. The number of hydrogen-bond donors (Lipinski definition) is 0. The summed E-state index contributed by atoms with van der Waals surface area (Å²) in [6.45, 7) is 1.97. The van der Waals surface area contributed by atoms with Crippen LogP contribution in [0.1, 0.15) is 19.3 Å². The number of dihydropyridines is 1. The molecule has 0 amide bonds. The van der Waals surface area contributed by atoms with Gasteiger partial charge in [0, 0.05) is 30.6 Å². The summed E-state index contributed by atoms with van der Waals surface area (Å²) in [6, 6.07) is 0. The number of rotatable bonds is 1. The predicted octanol–water partition coefficient (Wildman–Crippen LogP) is 1.62. The van der Waals surface area contributed by atoms with Crippen molar-refractivity contribution in [2.75, 3.05) is 13.1 Å². The van der Waals surface area contributed by atoms with E-state index in [4.69, 9.17) is 0 Å². The topological polar surface area (TPSA) is 24.7 Å². The van der Waals surface area contributed by atoms with Crippen molar-refractivity contribution < 1.29 is 0 Å². The standard InChI is InChI=1S/C9H12N2/c1-3-8(7-10-5-1)9-4-2-6-11-9/h3,7H,1-2,4-6H2. The van der Waals surface area contributed by atoms with E-state index in [1.807, 2.05) is 6.21 Å². The van der Waals surface area contributed by atoms with Crippen LogP contribution in [-0.4, -0.2) is 25.0 Å². The molecule has 0 unspecified atom stereocenters. The molecule has 0 radical (unpaired) electrons. The SMILES string of the molecule is C1=NCCC=C1C1=NCCC1. The van der Waals surface area contributed by atoms with Gasteiger partial charge in [0.15, 0.2) is 0 Å². The lowest BCUT2D eigenvalue weighted by atomic mass is 10.1. The molecular formula is C9H12N2. The summed E-state index contributed by atoms with van der Waals surface area (Å²) in [5.41, 5.74) is 2.54. The Balaban J connectivity index is 2.14. The van der Waals surface area contributed by atoms with E-state index >= 15 is 0 Å². The molecule has 0 aliphatic carbocycles. The van der Waals surface area contributed by atoms with Crippen LogP contribution in [-0.2, 0) is 0 Å². The first-order valence-electron chi connectivity index (χ1n) is 4.20. The second-order valence-electron chi connectivity index (χ2n) is 2.92. The van der Waals surface area contributed by atoms with E-state index in [9.17, 15) is 0 Å². The molecule has 0 N–H and O–H groups in total. The molecule has 58 valence electrons.